The SMILES string of the molecule is CCc1cc2ccc(CN3CC=C(c4cc5ccnc(NC)c5nc4F)CC3)c(F)c2[nH]c1=O. The number of anilines is 1. The summed E-state index contributed by atoms with van der Waals surface area (Å²) in [5.74, 6) is -0.380. The molecular weight excluding hydrogens is 436 g/mol. The summed E-state index contributed by atoms with van der Waals surface area (Å²) in [5, 5.41) is 4.44. The van der Waals surface area contributed by atoms with Crippen LogP contribution in [0.3, 0.4) is 0 Å². The summed E-state index contributed by atoms with van der Waals surface area (Å²) in [6.45, 7) is 3.52. The van der Waals surface area contributed by atoms with E-state index in [1.807, 2.05) is 31.2 Å². The second-order valence-corrected chi connectivity index (χ2v) is 8.50. The lowest BCUT2D eigenvalue weighted by Crippen LogP contribution is -2.28. The van der Waals surface area contributed by atoms with Crippen molar-refractivity contribution in [2.24, 2.45) is 0 Å². The van der Waals surface area contributed by atoms with E-state index in [1.165, 1.54) is 0 Å². The molecule has 0 fully saturated rings. The smallest absolute Gasteiger partial charge is 0.251 e. The number of hydrogen-bond donors (Lipinski definition) is 2. The first kappa shape index (κ1) is 22.2. The second kappa shape index (κ2) is 8.95. The Morgan fingerprint density at radius 3 is 2.74 bits per heavy atom. The lowest BCUT2D eigenvalue weighted by Gasteiger charge is -2.27. The minimum Gasteiger partial charge on any atom is -0.371 e. The van der Waals surface area contributed by atoms with Crippen LogP contribution < -0.4 is 10.9 Å². The highest BCUT2D eigenvalue weighted by molar-refractivity contribution is 5.90. The average molecular weight is 462 g/mol. The molecule has 4 aromatic rings. The minimum atomic E-state index is -0.521. The molecule has 174 valence electrons. The van der Waals surface area contributed by atoms with Crippen molar-refractivity contribution in [2.45, 2.75) is 26.3 Å². The summed E-state index contributed by atoms with van der Waals surface area (Å²) in [6, 6.07) is 9.00. The Balaban J connectivity index is 1.38. The molecule has 1 aliphatic heterocycles. The largest absolute Gasteiger partial charge is 0.371 e. The summed E-state index contributed by atoms with van der Waals surface area (Å²) in [4.78, 5) is 25.3. The standard InChI is InChI=1S/C26H25F2N5O/c1-3-15-12-17-4-5-19(21(27)22(17)32-26(15)34)14-33-10-7-16(8-11-33)20-13-18-6-9-30-25(29-2)23(18)31-24(20)28/h4-7,9,12-13H,3,8,10-11,14H2,1-2H3,(H,29,30)(H,32,34). The minimum absolute atomic E-state index is 0.243. The molecule has 0 atom stereocenters. The van der Waals surface area contributed by atoms with Crippen LogP contribution in [0, 0.1) is 11.8 Å². The second-order valence-electron chi connectivity index (χ2n) is 8.50. The zero-order valence-corrected chi connectivity index (χ0v) is 19.1. The number of aryl methyl sites for hydroxylation is 1. The summed E-state index contributed by atoms with van der Waals surface area (Å²) in [7, 11) is 1.73. The molecule has 0 aliphatic carbocycles. The van der Waals surface area contributed by atoms with Crippen LogP contribution in [0.1, 0.15) is 30.0 Å². The van der Waals surface area contributed by atoms with Crippen molar-refractivity contribution in [3.63, 3.8) is 0 Å². The molecule has 0 radical (unpaired) electrons. The van der Waals surface area contributed by atoms with E-state index in [4.69, 9.17) is 0 Å². The van der Waals surface area contributed by atoms with Crippen molar-refractivity contribution in [1.29, 1.82) is 0 Å². The molecule has 4 heterocycles. The fraction of sp³-hybridized carbons (Fsp3) is 0.269. The first-order valence-corrected chi connectivity index (χ1v) is 11.4. The number of hydrogen-bond acceptors (Lipinski definition) is 5. The van der Waals surface area contributed by atoms with Gasteiger partial charge in [-0.2, -0.15) is 4.39 Å². The topological polar surface area (TPSA) is 73.9 Å². The summed E-state index contributed by atoms with van der Waals surface area (Å²) >= 11 is 0. The van der Waals surface area contributed by atoms with Crippen LogP contribution in [0.5, 0.6) is 0 Å². The Bertz CT molecular complexity index is 1490. The first-order valence-electron chi connectivity index (χ1n) is 11.4. The summed E-state index contributed by atoms with van der Waals surface area (Å²) in [6.07, 6.45) is 4.87. The van der Waals surface area contributed by atoms with Gasteiger partial charge in [-0.25, -0.2) is 14.4 Å². The zero-order chi connectivity index (χ0) is 23.8. The van der Waals surface area contributed by atoms with E-state index >= 15 is 4.39 Å². The molecule has 0 saturated heterocycles. The third-order valence-corrected chi connectivity index (χ3v) is 6.45. The molecule has 8 heteroatoms. The zero-order valence-electron chi connectivity index (χ0n) is 19.1. The number of nitrogens with one attached hydrogen (secondary N) is 2. The lowest BCUT2D eigenvalue weighted by atomic mass is 9.99. The van der Waals surface area contributed by atoms with E-state index in [9.17, 15) is 9.18 Å². The van der Waals surface area contributed by atoms with E-state index in [-0.39, 0.29) is 11.1 Å². The van der Waals surface area contributed by atoms with Crippen LogP contribution in [-0.2, 0) is 13.0 Å². The van der Waals surface area contributed by atoms with E-state index in [0.29, 0.717) is 65.9 Å². The summed E-state index contributed by atoms with van der Waals surface area (Å²) < 4.78 is 30.0. The van der Waals surface area contributed by atoms with Crippen molar-refractivity contribution in [3.05, 3.63) is 81.4 Å². The highest BCUT2D eigenvalue weighted by Gasteiger charge is 2.20. The van der Waals surface area contributed by atoms with Gasteiger partial charge in [-0.3, -0.25) is 9.69 Å². The molecule has 0 spiro atoms. The third-order valence-electron chi connectivity index (χ3n) is 6.45. The maximum absolute atomic E-state index is 15.2. The predicted molar refractivity (Wildman–Crippen MR) is 131 cm³/mol. The van der Waals surface area contributed by atoms with Crippen molar-refractivity contribution in [2.75, 3.05) is 25.5 Å². The van der Waals surface area contributed by atoms with Gasteiger partial charge in [-0.05, 0) is 36.6 Å². The van der Waals surface area contributed by atoms with E-state index in [2.05, 4.69) is 25.2 Å². The fourth-order valence-corrected chi connectivity index (χ4v) is 4.54. The summed E-state index contributed by atoms with van der Waals surface area (Å²) in [5.41, 5.74) is 3.04. The van der Waals surface area contributed by atoms with Crippen LogP contribution >= 0.6 is 0 Å². The molecule has 0 unspecified atom stereocenters. The third kappa shape index (κ3) is 3.94. The Morgan fingerprint density at radius 2 is 2.00 bits per heavy atom. The van der Waals surface area contributed by atoms with Gasteiger partial charge in [0.1, 0.15) is 5.52 Å². The number of pyridine rings is 3. The molecule has 3 aromatic heterocycles. The van der Waals surface area contributed by atoms with Crippen LogP contribution in [-0.4, -0.2) is 40.0 Å². The van der Waals surface area contributed by atoms with Gasteiger partial charge < -0.3 is 10.3 Å². The maximum atomic E-state index is 15.2. The predicted octanol–water partition coefficient (Wildman–Crippen LogP) is 4.64. The molecule has 0 bridgehead atoms. The van der Waals surface area contributed by atoms with Gasteiger partial charge in [-0.1, -0.05) is 25.1 Å². The van der Waals surface area contributed by atoms with Crippen LogP contribution in [0.15, 0.2) is 47.4 Å². The Labute approximate surface area is 195 Å². The van der Waals surface area contributed by atoms with Crippen molar-refractivity contribution in [3.8, 4) is 0 Å². The van der Waals surface area contributed by atoms with E-state index in [1.54, 1.807) is 25.4 Å². The van der Waals surface area contributed by atoms with Gasteiger partial charge >= 0.3 is 0 Å². The number of fused-ring (bicyclic) bond motifs is 2. The monoisotopic (exact) mass is 461 g/mol. The fourth-order valence-electron chi connectivity index (χ4n) is 4.54. The average Bonchev–Trinajstić information content (AvgIpc) is 2.85. The molecule has 2 N–H and O–H groups in total. The lowest BCUT2D eigenvalue weighted by molar-refractivity contribution is 0.289. The normalized spacial score (nSPS) is 14.5. The van der Waals surface area contributed by atoms with Crippen LogP contribution in [0.2, 0.25) is 0 Å². The van der Waals surface area contributed by atoms with Gasteiger partial charge in [-0.15, -0.1) is 0 Å². The number of aromatic nitrogens is 3. The first-order chi connectivity index (χ1) is 16.5. The Kier molecular flexibility index (Phi) is 5.83. The van der Waals surface area contributed by atoms with Gasteiger partial charge in [0.05, 0.1) is 5.52 Å². The maximum Gasteiger partial charge on any atom is 0.251 e. The number of nitrogens with zero attached hydrogens (tertiary/aromatic N) is 3. The molecule has 6 nitrogen and oxygen atoms in total. The molecule has 34 heavy (non-hydrogen) atoms. The molecule has 0 saturated carbocycles. The highest BCUT2D eigenvalue weighted by Crippen LogP contribution is 2.29. The van der Waals surface area contributed by atoms with Crippen LogP contribution in [0.25, 0.3) is 27.4 Å². The number of rotatable bonds is 5. The Hall–Kier alpha value is -3.65. The van der Waals surface area contributed by atoms with Gasteiger partial charge in [0.15, 0.2) is 11.6 Å². The van der Waals surface area contributed by atoms with Gasteiger partial charge in [0.2, 0.25) is 5.95 Å². The molecular formula is C26H25F2N5O. The molecule has 0 amide bonds. The highest BCUT2D eigenvalue weighted by atomic mass is 19.1. The molecule has 1 aromatic carbocycles. The number of aromatic amines is 1. The van der Waals surface area contributed by atoms with Crippen molar-refractivity contribution >= 4 is 33.2 Å². The quantitative estimate of drug-likeness (QED) is 0.424. The van der Waals surface area contributed by atoms with Gasteiger partial charge in [0, 0.05) is 60.3 Å². The number of halogens is 2. The molecule has 5 rings (SSSR count). The number of benzene rings is 1. The van der Waals surface area contributed by atoms with E-state index < -0.39 is 11.8 Å². The van der Waals surface area contributed by atoms with Crippen molar-refractivity contribution in [1.82, 2.24) is 19.9 Å². The van der Waals surface area contributed by atoms with Crippen molar-refractivity contribution < 1.29 is 8.78 Å². The molecule has 1 aliphatic rings. The van der Waals surface area contributed by atoms with Crippen LogP contribution in [0.4, 0.5) is 14.6 Å². The van der Waals surface area contributed by atoms with Gasteiger partial charge in [0.25, 0.3) is 5.56 Å². The van der Waals surface area contributed by atoms with E-state index in [0.717, 1.165) is 11.0 Å². The number of H-pyrrole nitrogens is 1. The Morgan fingerprint density at radius 1 is 1.15 bits per heavy atom.